The molecule has 1 aromatic heterocycles. The number of carbonyl (C=O) groups is 2. The van der Waals surface area contributed by atoms with Gasteiger partial charge in [-0.3, -0.25) is 14.4 Å². The van der Waals surface area contributed by atoms with Gasteiger partial charge in [-0.25, -0.2) is 23.6 Å². The third-order valence-corrected chi connectivity index (χ3v) is 8.03. The molecule has 0 unspecified atom stereocenters. The highest BCUT2D eigenvalue weighted by molar-refractivity contribution is 7.88. The Bertz CT molecular complexity index is 1420. The summed E-state index contributed by atoms with van der Waals surface area (Å²) in [6.07, 6.45) is 17.4. The van der Waals surface area contributed by atoms with E-state index < -0.39 is 40.0 Å². The summed E-state index contributed by atoms with van der Waals surface area (Å²) in [5.41, 5.74) is 4.18. The zero-order chi connectivity index (χ0) is 28.7. The molecule has 1 aromatic carbocycles. The molecule has 1 aliphatic carbocycles. The molecule has 4 rings (SSSR count). The molecule has 3 N–H and O–H groups in total. The molecule has 212 valence electrons. The van der Waals surface area contributed by atoms with Crippen LogP contribution in [0.1, 0.15) is 59.6 Å². The van der Waals surface area contributed by atoms with Gasteiger partial charge in [-0.2, -0.15) is 0 Å². The number of hydrogen-bond acceptors (Lipinski definition) is 6. The van der Waals surface area contributed by atoms with Gasteiger partial charge in [0.05, 0.1) is 36.4 Å². The first-order valence-electron chi connectivity index (χ1n) is 13.0. The lowest BCUT2D eigenvalue weighted by Crippen LogP contribution is -2.62. The van der Waals surface area contributed by atoms with Crippen molar-refractivity contribution < 1.29 is 22.8 Å². The number of halogens is 1. The number of imidazole rings is 1. The molecule has 0 bridgehead atoms. The third kappa shape index (κ3) is 7.20. The molecule has 2 amide bonds. The second-order valence-electron chi connectivity index (χ2n) is 9.86. The van der Waals surface area contributed by atoms with Crippen molar-refractivity contribution >= 4 is 33.4 Å². The molecule has 1 aliphatic heterocycles. The summed E-state index contributed by atoms with van der Waals surface area (Å²) in [7, 11) is -3.54. The van der Waals surface area contributed by atoms with Crippen LogP contribution in [0.5, 0.6) is 0 Å². The Balaban J connectivity index is 1.73. The van der Waals surface area contributed by atoms with Crippen molar-refractivity contribution in [2.24, 2.45) is 0 Å². The molecule has 2 aliphatic rings. The maximum Gasteiger partial charge on any atom is 0.254 e. The standard InChI is InChI=1S/C28H32ClN5O5S/c1-3-9-19(29)10-8-15-25-26(27(35)32-39-17-20-16-30-18-31-20)21-11-4-5-12-22(21)28(36)34(25)24-14-7-6-13-23(24)33-40(2,37)38/h1,4-5,8-12,16,18,23-26,33H,6-7,13-15,17H2,2H3,(H,30,31)(H,32,35)/b10-8-,19-9+/t23-,24-,25-,26+/m0/s1. The smallest absolute Gasteiger partial charge is 0.254 e. The van der Waals surface area contributed by atoms with Crippen molar-refractivity contribution in [3.05, 3.63) is 76.9 Å². The van der Waals surface area contributed by atoms with Crippen LogP contribution in [0.2, 0.25) is 0 Å². The second kappa shape index (κ2) is 13.3. The van der Waals surface area contributed by atoms with Crippen molar-refractivity contribution in [1.82, 2.24) is 25.1 Å². The van der Waals surface area contributed by atoms with Crippen molar-refractivity contribution in [3.8, 4) is 12.3 Å². The maximum atomic E-state index is 14.1. The molecule has 4 atom stereocenters. The fraction of sp³-hybridized carbons (Fsp3) is 0.393. The number of rotatable bonds is 10. The highest BCUT2D eigenvalue weighted by atomic mass is 35.5. The summed E-state index contributed by atoms with van der Waals surface area (Å²) < 4.78 is 27.2. The second-order valence-corrected chi connectivity index (χ2v) is 12.1. The van der Waals surface area contributed by atoms with E-state index in [2.05, 4.69) is 26.1 Å². The highest BCUT2D eigenvalue weighted by Gasteiger charge is 2.47. The van der Waals surface area contributed by atoms with E-state index in [1.54, 1.807) is 47.5 Å². The summed E-state index contributed by atoms with van der Waals surface area (Å²) in [5.74, 6) is 0.865. The topological polar surface area (TPSA) is 133 Å². The first-order valence-corrected chi connectivity index (χ1v) is 15.2. The predicted molar refractivity (Wildman–Crippen MR) is 151 cm³/mol. The largest absolute Gasteiger partial charge is 0.346 e. The number of benzene rings is 1. The number of sulfonamides is 1. The van der Waals surface area contributed by atoms with Crippen LogP contribution >= 0.6 is 11.6 Å². The lowest BCUT2D eigenvalue weighted by Gasteiger charge is -2.48. The number of H-pyrrole nitrogens is 1. The van der Waals surface area contributed by atoms with E-state index in [1.807, 2.05) is 0 Å². The first kappa shape index (κ1) is 29.6. The number of aromatic nitrogens is 2. The Hall–Kier alpha value is -3.43. The summed E-state index contributed by atoms with van der Waals surface area (Å²) in [6, 6.07) is 5.38. The summed E-state index contributed by atoms with van der Waals surface area (Å²) in [4.78, 5) is 41.8. The number of allylic oxidation sites excluding steroid dienone is 3. The van der Waals surface area contributed by atoms with Crippen LogP contribution in [0.4, 0.5) is 0 Å². The molecule has 0 saturated heterocycles. The summed E-state index contributed by atoms with van der Waals surface area (Å²) >= 11 is 6.17. The fourth-order valence-corrected chi connectivity index (χ4v) is 6.48. The quantitative estimate of drug-likeness (QED) is 0.223. The van der Waals surface area contributed by atoms with E-state index in [4.69, 9.17) is 22.9 Å². The fourth-order valence-electron chi connectivity index (χ4n) is 5.50. The molecule has 2 heterocycles. The minimum absolute atomic E-state index is 0.0722. The van der Waals surface area contributed by atoms with Crippen LogP contribution in [-0.2, 0) is 26.3 Å². The van der Waals surface area contributed by atoms with Gasteiger partial charge in [-0.05, 0) is 37.0 Å². The van der Waals surface area contributed by atoms with Gasteiger partial charge >= 0.3 is 0 Å². The number of nitrogens with one attached hydrogen (secondary N) is 3. The van der Waals surface area contributed by atoms with Gasteiger partial charge in [0.1, 0.15) is 6.61 Å². The van der Waals surface area contributed by atoms with E-state index >= 15 is 0 Å². The average Bonchev–Trinajstić information content (AvgIpc) is 3.42. The minimum Gasteiger partial charge on any atom is -0.346 e. The van der Waals surface area contributed by atoms with Gasteiger partial charge < -0.3 is 9.88 Å². The van der Waals surface area contributed by atoms with Crippen LogP contribution in [0, 0.1) is 12.3 Å². The van der Waals surface area contributed by atoms with Gasteiger partial charge in [-0.15, -0.1) is 6.42 Å². The molecular formula is C28H32ClN5O5S. The molecule has 40 heavy (non-hydrogen) atoms. The number of fused-ring (bicyclic) bond motifs is 1. The number of aromatic amines is 1. The molecule has 0 spiro atoms. The first-order chi connectivity index (χ1) is 19.2. The van der Waals surface area contributed by atoms with Gasteiger partial charge in [0.2, 0.25) is 10.0 Å². The van der Waals surface area contributed by atoms with Gasteiger partial charge in [-0.1, -0.05) is 54.6 Å². The van der Waals surface area contributed by atoms with Crippen LogP contribution in [0.15, 0.2) is 60.0 Å². The minimum atomic E-state index is -3.54. The van der Waals surface area contributed by atoms with E-state index in [0.717, 1.165) is 19.1 Å². The van der Waals surface area contributed by atoms with Crippen LogP contribution in [0.3, 0.4) is 0 Å². The molecule has 2 aromatic rings. The number of amides is 2. The lowest BCUT2D eigenvalue weighted by molar-refractivity contribution is -0.138. The lowest BCUT2D eigenvalue weighted by atomic mass is 9.78. The van der Waals surface area contributed by atoms with E-state index in [1.165, 1.54) is 12.4 Å². The van der Waals surface area contributed by atoms with E-state index in [0.29, 0.717) is 34.7 Å². The molecule has 12 heteroatoms. The van der Waals surface area contributed by atoms with E-state index in [9.17, 15) is 18.0 Å². The number of hydrogen-bond donors (Lipinski definition) is 3. The van der Waals surface area contributed by atoms with Crippen LogP contribution < -0.4 is 10.2 Å². The Kier molecular flexibility index (Phi) is 9.81. The maximum absolute atomic E-state index is 14.1. The zero-order valence-corrected chi connectivity index (χ0v) is 23.6. The van der Waals surface area contributed by atoms with Crippen molar-refractivity contribution in [2.75, 3.05) is 6.26 Å². The molecular weight excluding hydrogens is 554 g/mol. The number of carbonyl (C=O) groups excluding carboxylic acids is 2. The average molecular weight is 586 g/mol. The Morgan fingerprint density at radius 2 is 2.10 bits per heavy atom. The van der Waals surface area contributed by atoms with Crippen molar-refractivity contribution in [3.63, 3.8) is 0 Å². The summed E-state index contributed by atoms with van der Waals surface area (Å²) in [5, 5.41) is 0.328. The number of nitrogens with zero attached hydrogens (tertiary/aromatic N) is 2. The Labute approximate surface area is 239 Å². The number of hydroxylamine groups is 1. The predicted octanol–water partition coefficient (Wildman–Crippen LogP) is 3.13. The Morgan fingerprint density at radius 1 is 1.32 bits per heavy atom. The SMILES string of the molecule is C#C/C=C(Cl)\C=C/C[C@H]1[C@H](C(=O)NOCc2cnc[nH]2)c2ccccc2C(=O)N1[C@H]1CCCC[C@@H]1NS(C)(=O)=O. The molecule has 1 saturated carbocycles. The van der Waals surface area contributed by atoms with Gasteiger partial charge in [0, 0.05) is 28.8 Å². The Morgan fingerprint density at radius 3 is 2.83 bits per heavy atom. The monoisotopic (exact) mass is 585 g/mol. The molecule has 1 fully saturated rings. The normalized spacial score (nSPS) is 23.6. The van der Waals surface area contributed by atoms with E-state index in [-0.39, 0.29) is 18.9 Å². The molecule has 10 nitrogen and oxygen atoms in total. The molecule has 0 radical (unpaired) electrons. The third-order valence-electron chi connectivity index (χ3n) is 7.07. The highest BCUT2D eigenvalue weighted by Crippen LogP contribution is 2.39. The van der Waals surface area contributed by atoms with Crippen LogP contribution in [-0.4, -0.2) is 59.5 Å². The van der Waals surface area contributed by atoms with Crippen molar-refractivity contribution in [1.29, 1.82) is 0 Å². The zero-order valence-electron chi connectivity index (χ0n) is 22.0. The van der Waals surface area contributed by atoms with Gasteiger partial charge in [0.25, 0.3) is 11.8 Å². The summed E-state index contributed by atoms with van der Waals surface area (Å²) in [6.45, 7) is 0.0722. The van der Waals surface area contributed by atoms with Crippen LogP contribution in [0.25, 0.3) is 0 Å². The number of terminal acetylenes is 1. The van der Waals surface area contributed by atoms with Gasteiger partial charge in [0.15, 0.2) is 0 Å². The van der Waals surface area contributed by atoms with Crippen molar-refractivity contribution in [2.45, 2.75) is 62.8 Å².